The van der Waals surface area contributed by atoms with Crippen LogP contribution in [0.2, 0.25) is 0 Å². The molecule has 4 atom stereocenters. The standard InChI is InChI=1S/C21H30N2O4/c1-22(2)11-16-17-12-23(13-21(17)8-7-18(16)27-21)20(24)9-14-5-6-15(25-3)10-19(14)26-4/h5-6,10,16-18H,7-9,11-13H2,1-4H3/t16-,17+,18+,21+/m0/s1. The molecule has 0 aliphatic carbocycles. The number of likely N-dealkylation sites (tertiary alicyclic amines) is 1. The highest BCUT2D eigenvalue weighted by Crippen LogP contribution is 2.55. The van der Waals surface area contributed by atoms with Gasteiger partial charge in [-0.1, -0.05) is 6.07 Å². The second-order valence-corrected chi connectivity index (χ2v) is 8.42. The summed E-state index contributed by atoms with van der Waals surface area (Å²) in [5.41, 5.74) is 0.790. The molecular weight excluding hydrogens is 344 g/mol. The Balaban J connectivity index is 1.47. The molecule has 3 heterocycles. The van der Waals surface area contributed by atoms with E-state index in [-0.39, 0.29) is 11.5 Å². The molecule has 0 N–H and O–H groups in total. The van der Waals surface area contributed by atoms with Gasteiger partial charge in [0.05, 0.1) is 38.9 Å². The number of benzene rings is 1. The Kier molecular flexibility index (Phi) is 4.80. The molecule has 3 fully saturated rings. The summed E-state index contributed by atoms with van der Waals surface area (Å²) in [6.07, 6.45) is 2.93. The van der Waals surface area contributed by atoms with Crippen LogP contribution in [0.1, 0.15) is 18.4 Å². The molecule has 1 spiro atoms. The van der Waals surface area contributed by atoms with Crippen molar-refractivity contribution in [3.63, 3.8) is 0 Å². The lowest BCUT2D eigenvalue weighted by molar-refractivity contribution is -0.131. The summed E-state index contributed by atoms with van der Waals surface area (Å²) < 4.78 is 17.1. The minimum atomic E-state index is -0.106. The molecule has 0 unspecified atom stereocenters. The van der Waals surface area contributed by atoms with Crippen LogP contribution in [0.25, 0.3) is 0 Å². The van der Waals surface area contributed by atoms with E-state index >= 15 is 0 Å². The second-order valence-electron chi connectivity index (χ2n) is 8.42. The molecule has 1 aromatic carbocycles. The van der Waals surface area contributed by atoms with E-state index in [0.717, 1.165) is 43.8 Å². The summed E-state index contributed by atoms with van der Waals surface area (Å²) in [7, 11) is 7.49. The molecule has 27 heavy (non-hydrogen) atoms. The average Bonchev–Trinajstić information content (AvgIpc) is 3.31. The van der Waals surface area contributed by atoms with Crippen LogP contribution < -0.4 is 9.47 Å². The lowest BCUT2D eigenvalue weighted by Gasteiger charge is -2.30. The molecule has 0 radical (unpaired) electrons. The molecule has 2 bridgehead atoms. The monoisotopic (exact) mass is 374 g/mol. The highest BCUT2D eigenvalue weighted by molar-refractivity contribution is 5.80. The Labute approximate surface area is 161 Å². The van der Waals surface area contributed by atoms with Gasteiger partial charge in [-0.05, 0) is 33.0 Å². The summed E-state index contributed by atoms with van der Waals surface area (Å²) in [5, 5.41) is 0. The number of carbonyl (C=O) groups is 1. The van der Waals surface area contributed by atoms with Crippen LogP contribution in [0.5, 0.6) is 11.5 Å². The molecule has 4 rings (SSSR count). The first-order chi connectivity index (χ1) is 13.0. The number of rotatable bonds is 6. The second kappa shape index (κ2) is 6.99. The number of methoxy groups -OCH3 is 2. The number of fused-ring (bicyclic) bond motifs is 1. The first-order valence-corrected chi connectivity index (χ1v) is 9.77. The summed E-state index contributed by atoms with van der Waals surface area (Å²) in [5.74, 6) is 2.57. The van der Waals surface area contributed by atoms with E-state index in [9.17, 15) is 4.79 Å². The summed E-state index contributed by atoms with van der Waals surface area (Å²) in [6.45, 7) is 2.58. The Bertz CT molecular complexity index is 722. The largest absolute Gasteiger partial charge is 0.497 e. The molecule has 3 saturated heterocycles. The fourth-order valence-electron chi connectivity index (χ4n) is 5.32. The van der Waals surface area contributed by atoms with Gasteiger partial charge in [0.25, 0.3) is 0 Å². The predicted octanol–water partition coefficient (Wildman–Crippen LogP) is 1.81. The van der Waals surface area contributed by atoms with Crippen LogP contribution in [0, 0.1) is 11.8 Å². The van der Waals surface area contributed by atoms with Crippen molar-refractivity contribution in [3.05, 3.63) is 23.8 Å². The maximum absolute atomic E-state index is 13.0. The molecule has 6 nitrogen and oxygen atoms in total. The third-order valence-electron chi connectivity index (χ3n) is 6.55. The van der Waals surface area contributed by atoms with Crippen LogP contribution in [-0.2, 0) is 16.0 Å². The van der Waals surface area contributed by atoms with Crippen molar-refractivity contribution in [2.24, 2.45) is 11.8 Å². The molecule has 1 aromatic rings. The average molecular weight is 374 g/mol. The van der Waals surface area contributed by atoms with Gasteiger partial charge < -0.3 is 24.0 Å². The number of carbonyl (C=O) groups excluding carboxylic acids is 1. The third kappa shape index (κ3) is 3.19. The summed E-state index contributed by atoms with van der Waals surface area (Å²) in [4.78, 5) is 17.3. The Morgan fingerprint density at radius 1 is 1.33 bits per heavy atom. The molecule has 3 aliphatic rings. The number of nitrogens with zero attached hydrogens (tertiary/aromatic N) is 2. The molecular formula is C21H30N2O4. The molecule has 148 valence electrons. The highest BCUT2D eigenvalue weighted by Gasteiger charge is 2.63. The van der Waals surface area contributed by atoms with Crippen molar-refractivity contribution >= 4 is 5.91 Å². The molecule has 0 aromatic heterocycles. The van der Waals surface area contributed by atoms with Gasteiger partial charge in [0, 0.05) is 36.6 Å². The van der Waals surface area contributed by atoms with Crippen molar-refractivity contribution < 1.29 is 19.0 Å². The van der Waals surface area contributed by atoms with Gasteiger partial charge in [0.1, 0.15) is 11.5 Å². The fourth-order valence-corrected chi connectivity index (χ4v) is 5.32. The molecule has 1 amide bonds. The maximum atomic E-state index is 13.0. The lowest BCUT2D eigenvalue weighted by Crippen LogP contribution is -2.40. The van der Waals surface area contributed by atoms with Crippen LogP contribution in [0.3, 0.4) is 0 Å². The quantitative estimate of drug-likeness (QED) is 0.760. The van der Waals surface area contributed by atoms with Crippen molar-refractivity contribution in [3.8, 4) is 11.5 Å². The SMILES string of the molecule is COc1ccc(CC(=O)N2C[C@@H]3[C@H](CN(C)C)[C@H]4CC[C@]3(C2)O4)c(OC)c1. The number of hydrogen-bond donors (Lipinski definition) is 0. The van der Waals surface area contributed by atoms with Gasteiger partial charge >= 0.3 is 0 Å². The zero-order valence-corrected chi connectivity index (χ0v) is 16.7. The van der Waals surface area contributed by atoms with Crippen LogP contribution >= 0.6 is 0 Å². The number of amides is 1. The van der Waals surface area contributed by atoms with Crippen LogP contribution in [0.4, 0.5) is 0 Å². The highest BCUT2D eigenvalue weighted by atomic mass is 16.5. The topological polar surface area (TPSA) is 51.2 Å². The third-order valence-corrected chi connectivity index (χ3v) is 6.55. The van der Waals surface area contributed by atoms with Gasteiger partial charge in [-0.3, -0.25) is 4.79 Å². The predicted molar refractivity (Wildman–Crippen MR) is 102 cm³/mol. The Morgan fingerprint density at radius 2 is 2.15 bits per heavy atom. The van der Waals surface area contributed by atoms with Gasteiger partial charge in [-0.2, -0.15) is 0 Å². The van der Waals surface area contributed by atoms with Crippen molar-refractivity contribution in [1.29, 1.82) is 0 Å². The van der Waals surface area contributed by atoms with Gasteiger partial charge in [0.2, 0.25) is 5.91 Å². The summed E-state index contributed by atoms with van der Waals surface area (Å²) >= 11 is 0. The summed E-state index contributed by atoms with van der Waals surface area (Å²) in [6, 6.07) is 5.62. The van der Waals surface area contributed by atoms with E-state index in [0.29, 0.717) is 30.1 Å². The van der Waals surface area contributed by atoms with Gasteiger partial charge in [0.15, 0.2) is 0 Å². The van der Waals surface area contributed by atoms with Gasteiger partial charge in [-0.25, -0.2) is 0 Å². The molecule has 3 aliphatic heterocycles. The van der Waals surface area contributed by atoms with Gasteiger partial charge in [-0.15, -0.1) is 0 Å². The van der Waals surface area contributed by atoms with E-state index in [2.05, 4.69) is 19.0 Å². The molecule has 6 heteroatoms. The van der Waals surface area contributed by atoms with E-state index in [1.165, 1.54) is 0 Å². The first-order valence-electron chi connectivity index (χ1n) is 9.77. The van der Waals surface area contributed by atoms with Crippen molar-refractivity contribution in [2.75, 3.05) is 47.9 Å². The normalized spacial score (nSPS) is 31.4. The minimum absolute atomic E-state index is 0.106. The zero-order chi connectivity index (χ0) is 19.2. The lowest BCUT2D eigenvalue weighted by atomic mass is 9.73. The Morgan fingerprint density at radius 3 is 2.85 bits per heavy atom. The molecule has 0 saturated carbocycles. The van der Waals surface area contributed by atoms with E-state index in [1.54, 1.807) is 14.2 Å². The smallest absolute Gasteiger partial charge is 0.227 e. The first kappa shape index (κ1) is 18.6. The van der Waals surface area contributed by atoms with Crippen LogP contribution in [-0.4, -0.2) is 75.4 Å². The zero-order valence-electron chi connectivity index (χ0n) is 16.7. The van der Waals surface area contributed by atoms with Crippen LogP contribution in [0.15, 0.2) is 18.2 Å². The maximum Gasteiger partial charge on any atom is 0.227 e. The Hall–Kier alpha value is -1.79. The van der Waals surface area contributed by atoms with Crippen molar-refractivity contribution in [1.82, 2.24) is 9.80 Å². The number of ether oxygens (including phenoxy) is 3. The van der Waals surface area contributed by atoms with E-state index in [1.807, 2.05) is 23.1 Å². The van der Waals surface area contributed by atoms with Crippen molar-refractivity contribution in [2.45, 2.75) is 31.0 Å². The fraction of sp³-hybridized carbons (Fsp3) is 0.667. The number of hydrogen-bond acceptors (Lipinski definition) is 5. The van der Waals surface area contributed by atoms with E-state index < -0.39 is 0 Å². The van der Waals surface area contributed by atoms with E-state index in [4.69, 9.17) is 14.2 Å². The minimum Gasteiger partial charge on any atom is -0.497 e.